The van der Waals surface area contributed by atoms with Crippen molar-refractivity contribution >= 4 is 16.9 Å². The highest BCUT2D eigenvalue weighted by atomic mass is 14.8. The van der Waals surface area contributed by atoms with Crippen molar-refractivity contribution < 1.29 is 0 Å². The molecule has 0 aromatic heterocycles. The zero-order valence-corrected chi connectivity index (χ0v) is 14.8. The third-order valence-electron chi connectivity index (χ3n) is 5.61. The lowest BCUT2D eigenvalue weighted by Gasteiger charge is -2.39. The third-order valence-corrected chi connectivity index (χ3v) is 5.61. The van der Waals surface area contributed by atoms with Crippen LogP contribution in [0.4, 0.5) is 0 Å². The first-order chi connectivity index (χ1) is 12.8. The summed E-state index contributed by atoms with van der Waals surface area (Å²) in [5, 5.41) is 0. The zero-order chi connectivity index (χ0) is 17.5. The Labute approximate surface area is 154 Å². The van der Waals surface area contributed by atoms with Gasteiger partial charge in [0.15, 0.2) is 0 Å². The summed E-state index contributed by atoms with van der Waals surface area (Å²) >= 11 is 0. The van der Waals surface area contributed by atoms with E-state index in [0.717, 1.165) is 5.71 Å². The van der Waals surface area contributed by atoms with E-state index in [1.54, 1.807) is 0 Å². The fourth-order valence-corrected chi connectivity index (χ4v) is 4.57. The SMILES string of the molecule is CC1=NC2C(=C1)C(c1ccccc1)=C(c1ccccc1)C1C=CC=CC12. The minimum absolute atomic E-state index is 0.226. The van der Waals surface area contributed by atoms with E-state index in [9.17, 15) is 0 Å². The van der Waals surface area contributed by atoms with Crippen LogP contribution in [0.1, 0.15) is 18.1 Å². The highest BCUT2D eigenvalue weighted by Crippen LogP contribution is 2.51. The summed E-state index contributed by atoms with van der Waals surface area (Å²) in [5.41, 5.74) is 7.89. The molecular weight excluding hydrogens is 314 g/mol. The van der Waals surface area contributed by atoms with E-state index in [1.165, 1.54) is 27.8 Å². The Morgan fingerprint density at radius 2 is 1.42 bits per heavy atom. The van der Waals surface area contributed by atoms with Gasteiger partial charge in [0, 0.05) is 17.5 Å². The van der Waals surface area contributed by atoms with Gasteiger partial charge < -0.3 is 0 Å². The smallest absolute Gasteiger partial charge is 0.0830 e. The van der Waals surface area contributed by atoms with E-state index in [4.69, 9.17) is 4.99 Å². The molecule has 1 aliphatic heterocycles. The maximum atomic E-state index is 5.00. The molecular formula is C25H21N. The van der Waals surface area contributed by atoms with E-state index in [0.29, 0.717) is 11.8 Å². The monoisotopic (exact) mass is 335 g/mol. The Morgan fingerprint density at radius 1 is 0.769 bits per heavy atom. The van der Waals surface area contributed by atoms with Crippen LogP contribution < -0.4 is 0 Å². The summed E-state index contributed by atoms with van der Waals surface area (Å²) in [6.07, 6.45) is 11.4. The van der Waals surface area contributed by atoms with Gasteiger partial charge in [-0.3, -0.25) is 4.99 Å². The summed E-state index contributed by atoms with van der Waals surface area (Å²) in [6.45, 7) is 2.12. The number of fused-ring (bicyclic) bond motifs is 3. The number of allylic oxidation sites excluding steroid dienone is 5. The van der Waals surface area contributed by atoms with Crippen LogP contribution in [0.5, 0.6) is 0 Å². The van der Waals surface area contributed by atoms with Crippen LogP contribution in [0.15, 0.2) is 102 Å². The largest absolute Gasteiger partial charge is 0.281 e. The van der Waals surface area contributed by atoms with Gasteiger partial charge in [-0.05, 0) is 40.8 Å². The number of aliphatic imine (C=N–C) groups is 1. The summed E-state index contributed by atoms with van der Waals surface area (Å²) in [4.78, 5) is 5.00. The van der Waals surface area contributed by atoms with Gasteiger partial charge in [0.05, 0.1) is 6.04 Å². The third kappa shape index (κ3) is 2.35. The molecule has 1 heteroatoms. The Kier molecular flexibility index (Phi) is 3.60. The molecule has 3 unspecified atom stereocenters. The average Bonchev–Trinajstić information content (AvgIpc) is 3.09. The fourth-order valence-electron chi connectivity index (χ4n) is 4.57. The van der Waals surface area contributed by atoms with Gasteiger partial charge in [-0.25, -0.2) is 0 Å². The summed E-state index contributed by atoms with van der Waals surface area (Å²) in [6, 6.07) is 21.9. The molecule has 3 aliphatic rings. The van der Waals surface area contributed by atoms with Gasteiger partial charge in [0.2, 0.25) is 0 Å². The van der Waals surface area contributed by atoms with Crippen molar-refractivity contribution in [2.75, 3.05) is 0 Å². The number of hydrogen-bond acceptors (Lipinski definition) is 1. The van der Waals surface area contributed by atoms with Crippen LogP contribution in [0, 0.1) is 11.8 Å². The molecule has 2 aromatic rings. The van der Waals surface area contributed by atoms with Gasteiger partial charge in [-0.15, -0.1) is 0 Å². The average molecular weight is 335 g/mol. The van der Waals surface area contributed by atoms with Crippen LogP contribution in [0.3, 0.4) is 0 Å². The molecule has 1 heterocycles. The summed E-state index contributed by atoms with van der Waals surface area (Å²) < 4.78 is 0. The molecule has 0 saturated carbocycles. The highest BCUT2D eigenvalue weighted by Gasteiger charge is 2.41. The first kappa shape index (κ1) is 15.3. The Morgan fingerprint density at radius 3 is 2.15 bits per heavy atom. The molecule has 0 N–H and O–H groups in total. The maximum absolute atomic E-state index is 5.00. The van der Waals surface area contributed by atoms with Gasteiger partial charge in [0.25, 0.3) is 0 Å². The molecule has 1 nitrogen and oxygen atoms in total. The van der Waals surface area contributed by atoms with Crippen LogP contribution in [0.25, 0.3) is 11.1 Å². The second-order valence-electron chi connectivity index (χ2n) is 7.21. The van der Waals surface area contributed by atoms with Crippen molar-refractivity contribution in [1.82, 2.24) is 0 Å². The molecule has 126 valence electrons. The minimum atomic E-state index is 0.226. The van der Waals surface area contributed by atoms with E-state index < -0.39 is 0 Å². The number of rotatable bonds is 2. The molecule has 0 saturated heterocycles. The lowest BCUT2D eigenvalue weighted by Crippen LogP contribution is -2.32. The predicted molar refractivity (Wildman–Crippen MR) is 110 cm³/mol. The molecule has 26 heavy (non-hydrogen) atoms. The molecule has 2 aliphatic carbocycles. The van der Waals surface area contributed by atoms with Gasteiger partial charge in [0.1, 0.15) is 0 Å². The molecule has 0 radical (unpaired) electrons. The van der Waals surface area contributed by atoms with Crippen LogP contribution in [-0.4, -0.2) is 11.8 Å². The van der Waals surface area contributed by atoms with Gasteiger partial charge in [-0.1, -0.05) is 85.0 Å². The Hall–Kier alpha value is -2.93. The molecule has 0 fully saturated rings. The quantitative estimate of drug-likeness (QED) is 0.664. The van der Waals surface area contributed by atoms with Crippen LogP contribution in [0.2, 0.25) is 0 Å². The van der Waals surface area contributed by atoms with E-state index in [-0.39, 0.29) is 6.04 Å². The van der Waals surface area contributed by atoms with Crippen molar-refractivity contribution in [2.45, 2.75) is 13.0 Å². The molecule has 0 amide bonds. The van der Waals surface area contributed by atoms with Gasteiger partial charge >= 0.3 is 0 Å². The lowest BCUT2D eigenvalue weighted by molar-refractivity contribution is 0.494. The normalized spacial score (nSPS) is 26.3. The van der Waals surface area contributed by atoms with E-state index >= 15 is 0 Å². The molecule has 0 bridgehead atoms. The number of benzene rings is 2. The molecule has 5 rings (SSSR count). The first-order valence-corrected chi connectivity index (χ1v) is 9.29. The Balaban J connectivity index is 1.83. The lowest BCUT2D eigenvalue weighted by atomic mass is 9.66. The minimum Gasteiger partial charge on any atom is -0.281 e. The highest BCUT2D eigenvalue weighted by molar-refractivity contribution is 6.08. The van der Waals surface area contributed by atoms with Crippen LogP contribution >= 0.6 is 0 Å². The maximum Gasteiger partial charge on any atom is 0.0830 e. The second-order valence-corrected chi connectivity index (χ2v) is 7.21. The summed E-state index contributed by atoms with van der Waals surface area (Å²) in [7, 11) is 0. The van der Waals surface area contributed by atoms with Crippen molar-refractivity contribution in [1.29, 1.82) is 0 Å². The molecule has 3 atom stereocenters. The fraction of sp³-hybridized carbons (Fsp3) is 0.160. The van der Waals surface area contributed by atoms with Crippen molar-refractivity contribution in [3.8, 4) is 0 Å². The summed E-state index contributed by atoms with van der Waals surface area (Å²) in [5.74, 6) is 0.751. The van der Waals surface area contributed by atoms with Crippen molar-refractivity contribution in [2.24, 2.45) is 16.8 Å². The zero-order valence-electron chi connectivity index (χ0n) is 14.8. The topological polar surface area (TPSA) is 12.4 Å². The van der Waals surface area contributed by atoms with E-state index in [2.05, 4.69) is 98.0 Å². The predicted octanol–water partition coefficient (Wildman–Crippen LogP) is 5.74. The van der Waals surface area contributed by atoms with Crippen LogP contribution in [-0.2, 0) is 0 Å². The van der Waals surface area contributed by atoms with Crippen molar-refractivity contribution in [3.63, 3.8) is 0 Å². The molecule has 2 aromatic carbocycles. The Bertz CT molecular complexity index is 987. The van der Waals surface area contributed by atoms with E-state index in [1.807, 2.05) is 0 Å². The first-order valence-electron chi connectivity index (χ1n) is 9.29. The van der Waals surface area contributed by atoms with Gasteiger partial charge in [-0.2, -0.15) is 0 Å². The number of nitrogens with zero attached hydrogens (tertiary/aromatic N) is 1. The standard InChI is InChI=1S/C25H21N/c1-17-16-22-24(19-12-6-3-7-13-19)23(18-10-4-2-5-11-18)20-14-8-9-15-21(20)25(22)26-17/h2-16,20-21,25H,1H3. The number of hydrogen-bond donors (Lipinski definition) is 0. The molecule has 0 spiro atoms. The van der Waals surface area contributed by atoms with Crippen molar-refractivity contribution in [3.05, 3.63) is 108 Å². The second kappa shape index (κ2) is 6.10.